The summed E-state index contributed by atoms with van der Waals surface area (Å²) >= 11 is 0. The smallest absolute Gasteiger partial charge is 0.319 e. The zero-order valence-electron chi connectivity index (χ0n) is 13.9. The number of carbonyl (C=O) groups is 2. The summed E-state index contributed by atoms with van der Waals surface area (Å²) in [5.74, 6) is -1.16. The number of methoxy groups -OCH3 is 1. The van der Waals surface area contributed by atoms with Crippen LogP contribution in [0.25, 0.3) is 10.9 Å². The highest BCUT2D eigenvalue weighted by molar-refractivity contribution is 5.95. The number of para-hydroxylation sites is 1. The third kappa shape index (κ3) is 2.71. The molecule has 4 nitrogen and oxygen atoms in total. The molecule has 3 aromatic rings. The highest BCUT2D eigenvalue weighted by atomic mass is 16.5. The lowest BCUT2D eigenvalue weighted by Crippen LogP contribution is -2.21. The second-order valence-electron chi connectivity index (χ2n) is 5.85. The van der Waals surface area contributed by atoms with Gasteiger partial charge in [-0.05, 0) is 24.6 Å². The fraction of sp³-hybridized carbons (Fsp3) is 0.200. The van der Waals surface area contributed by atoms with Gasteiger partial charge in [-0.25, -0.2) is 0 Å². The van der Waals surface area contributed by atoms with Crippen molar-refractivity contribution in [2.75, 3.05) is 7.11 Å². The van der Waals surface area contributed by atoms with E-state index in [0.717, 1.165) is 22.0 Å². The first-order valence-electron chi connectivity index (χ1n) is 7.78. The Morgan fingerprint density at radius 2 is 1.71 bits per heavy atom. The van der Waals surface area contributed by atoms with E-state index in [2.05, 4.69) is 0 Å². The van der Waals surface area contributed by atoms with Crippen LogP contribution >= 0.6 is 0 Å². The van der Waals surface area contributed by atoms with Gasteiger partial charge >= 0.3 is 5.97 Å². The molecule has 0 aliphatic carbocycles. The molecule has 0 amide bonds. The third-order valence-corrected chi connectivity index (χ3v) is 4.20. The lowest BCUT2D eigenvalue weighted by molar-refractivity contribution is -0.141. The summed E-state index contributed by atoms with van der Waals surface area (Å²) in [6, 6.07) is 17.2. The van der Waals surface area contributed by atoms with Crippen LogP contribution in [0.1, 0.15) is 34.5 Å². The average molecular weight is 321 g/mol. The first-order valence-corrected chi connectivity index (χ1v) is 7.78. The van der Waals surface area contributed by atoms with Gasteiger partial charge in [-0.15, -0.1) is 0 Å². The maximum absolute atomic E-state index is 12.5. The summed E-state index contributed by atoms with van der Waals surface area (Å²) in [7, 11) is 1.37. The van der Waals surface area contributed by atoms with Gasteiger partial charge in [0.2, 0.25) is 5.91 Å². The zero-order valence-corrected chi connectivity index (χ0v) is 13.9. The quantitative estimate of drug-likeness (QED) is 0.687. The average Bonchev–Trinajstić information content (AvgIpc) is 2.95. The van der Waals surface area contributed by atoms with Crippen molar-refractivity contribution < 1.29 is 14.3 Å². The predicted molar refractivity (Wildman–Crippen MR) is 93.3 cm³/mol. The summed E-state index contributed by atoms with van der Waals surface area (Å²) < 4.78 is 6.61. The largest absolute Gasteiger partial charge is 0.468 e. The van der Waals surface area contributed by atoms with Gasteiger partial charge in [0.1, 0.15) is 5.92 Å². The van der Waals surface area contributed by atoms with E-state index in [4.69, 9.17) is 4.74 Å². The first kappa shape index (κ1) is 16.0. The Morgan fingerprint density at radius 1 is 1.04 bits per heavy atom. The molecule has 0 aliphatic heterocycles. The Kier molecular flexibility index (Phi) is 4.21. The molecule has 0 N–H and O–H groups in total. The minimum Gasteiger partial charge on any atom is -0.468 e. The summed E-state index contributed by atoms with van der Waals surface area (Å²) in [6.07, 6.45) is 0. The van der Waals surface area contributed by atoms with E-state index in [1.54, 1.807) is 4.57 Å². The van der Waals surface area contributed by atoms with Crippen molar-refractivity contribution >= 4 is 22.8 Å². The fourth-order valence-corrected chi connectivity index (χ4v) is 3.04. The lowest BCUT2D eigenvalue weighted by atomic mass is 9.94. The van der Waals surface area contributed by atoms with E-state index < -0.39 is 5.92 Å². The Bertz CT molecular complexity index is 906. The summed E-state index contributed by atoms with van der Waals surface area (Å²) in [4.78, 5) is 24.8. The van der Waals surface area contributed by atoms with Crippen molar-refractivity contribution in [1.82, 2.24) is 4.57 Å². The molecule has 0 fully saturated rings. The van der Waals surface area contributed by atoms with Gasteiger partial charge in [0.25, 0.3) is 0 Å². The topological polar surface area (TPSA) is 48.3 Å². The van der Waals surface area contributed by atoms with Gasteiger partial charge in [-0.3, -0.25) is 14.2 Å². The van der Waals surface area contributed by atoms with Crippen LogP contribution in [0.2, 0.25) is 0 Å². The molecule has 0 saturated heterocycles. The van der Waals surface area contributed by atoms with Gasteiger partial charge < -0.3 is 4.74 Å². The van der Waals surface area contributed by atoms with Crippen molar-refractivity contribution in [2.24, 2.45) is 0 Å². The maximum atomic E-state index is 12.5. The molecule has 122 valence electrons. The van der Waals surface area contributed by atoms with Crippen LogP contribution in [0, 0.1) is 6.92 Å². The Balaban J connectivity index is 2.27. The number of hydrogen-bond donors (Lipinski definition) is 0. The minimum atomic E-state index is -0.646. The van der Waals surface area contributed by atoms with E-state index >= 15 is 0 Å². The molecule has 1 aromatic heterocycles. The van der Waals surface area contributed by atoms with Crippen LogP contribution in [0.5, 0.6) is 0 Å². The first-order chi connectivity index (χ1) is 11.5. The fourth-order valence-electron chi connectivity index (χ4n) is 3.04. The van der Waals surface area contributed by atoms with E-state index in [9.17, 15) is 9.59 Å². The molecule has 1 unspecified atom stereocenters. The Labute approximate surface area is 140 Å². The molecular weight excluding hydrogens is 302 g/mol. The number of carbonyl (C=O) groups excluding carboxylic acids is 2. The predicted octanol–water partition coefficient (Wildman–Crippen LogP) is 3.91. The van der Waals surface area contributed by atoms with Crippen LogP contribution in [0.15, 0.2) is 54.6 Å². The molecule has 0 aliphatic rings. The van der Waals surface area contributed by atoms with Crippen LogP contribution in [-0.4, -0.2) is 23.6 Å². The van der Waals surface area contributed by atoms with E-state index in [1.807, 2.05) is 61.5 Å². The molecule has 1 atom stereocenters. The Morgan fingerprint density at radius 3 is 2.33 bits per heavy atom. The van der Waals surface area contributed by atoms with Crippen molar-refractivity contribution in [2.45, 2.75) is 19.8 Å². The van der Waals surface area contributed by atoms with Crippen LogP contribution in [0.4, 0.5) is 0 Å². The monoisotopic (exact) mass is 321 g/mol. The molecular formula is C20H19NO3. The molecule has 1 heterocycles. The van der Waals surface area contributed by atoms with Crippen molar-refractivity contribution in [3.05, 3.63) is 71.4 Å². The molecule has 0 bridgehead atoms. The SMILES string of the molecule is COC(=O)C(c1ccc(C)cc1)c1cc2ccccc2n1C(C)=O. The Hall–Kier alpha value is -2.88. The zero-order chi connectivity index (χ0) is 17.3. The van der Waals surface area contributed by atoms with Gasteiger partial charge in [0.05, 0.1) is 12.6 Å². The number of hydrogen-bond acceptors (Lipinski definition) is 3. The number of fused-ring (bicyclic) bond motifs is 1. The molecule has 0 saturated carbocycles. The lowest BCUT2D eigenvalue weighted by Gasteiger charge is -2.17. The number of benzene rings is 2. The highest BCUT2D eigenvalue weighted by Crippen LogP contribution is 2.31. The molecule has 0 radical (unpaired) electrons. The third-order valence-electron chi connectivity index (χ3n) is 4.20. The molecule has 24 heavy (non-hydrogen) atoms. The van der Waals surface area contributed by atoms with E-state index in [0.29, 0.717) is 5.69 Å². The minimum absolute atomic E-state index is 0.132. The number of aryl methyl sites for hydroxylation is 1. The highest BCUT2D eigenvalue weighted by Gasteiger charge is 2.29. The second kappa shape index (κ2) is 6.32. The standard InChI is InChI=1S/C20H19NO3/c1-13-8-10-15(11-9-13)19(20(23)24-3)18-12-16-6-4-5-7-17(16)21(18)14(2)22/h4-12,19H,1-3H3. The number of nitrogens with zero attached hydrogens (tertiary/aromatic N) is 1. The van der Waals surface area contributed by atoms with Gasteiger partial charge in [0.15, 0.2) is 0 Å². The normalized spacial score (nSPS) is 12.1. The number of rotatable bonds is 3. The van der Waals surface area contributed by atoms with Crippen molar-refractivity contribution in [3.63, 3.8) is 0 Å². The van der Waals surface area contributed by atoms with Crippen LogP contribution in [0.3, 0.4) is 0 Å². The number of aromatic nitrogens is 1. The molecule has 4 heteroatoms. The van der Waals surface area contributed by atoms with Crippen LogP contribution in [-0.2, 0) is 9.53 Å². The second-order valence-corrected chi connectivity index (χ2v) is 5.85. The van der Waals surface area contributed by atoms with Gasteiger partial charge in [0, 0.05) is 18.0 Å². The molecule has 0 spiro atoms. The maximum Gasteiger partial charge on any atom is 0.319 e. The number of ether oxygens (including phenoxy) is 1. The summed E-state index contributed by atoms with van der Waals surface area (Å²) in [5.41, 5.74) is 3.33. The van der Waals surface area contributed by atoms with Gasteiger partial charge in [-0.2, -0.15) is 0 Å². The summed E-state index contributed by atoms with van der Waals surface area (Å²) in [6.45, 7) is 3.49. The van der Waals surface area contributed by atoms with Gasteiger partial charge in [-0.1, -0.05) is 48.0 Å². The van der Waals surface area contributed by atoms with Crippen LogP contribution < -0.4 is 0 Å². The summed E-state index contributed by atoms with van der Waals surface area (Å²) in [5, 5.41) is 0.920. The van der Waals surface area contributed by atoms with Crippen molar-refractivity contribution in [3.8, 4) is 0 Å². The van der Waals surface area contributed by atoms with E-state index in [-0.39, 0.29) is 11.9 Å². The van der Waals surface area contributed by atoms with Crippen molar-refractivity contribution in [1.29, 1.82) is 0 Å². The van der Waals surface area contributed by atoms with E-state index in [1.165, 1.54) is 14.0 Å². The molecule has 3 rings (SSSR count). The molecule has 2 aromatic carbocycles. The number of esters is 1.